The summed E-state index contributed by atoms with van der Waals surface area (Å²) in [7, 11) is 0.443. The molecule has 0 unspecified atom stereocenters. The summed E-state index contributed by atoms with van der Waals surface area (Å²) in [5.74, 6) is 5.36. The molecular weight excluding hydrogens is 278 g/mol. The van der Waals surface area contributed by atoms with Crippen LogP contribution in [0, 0.1) is 0 Å². The summed E-state index contributed by atoms with van der Waals surface area (Å²) in [6, 6.07) is 3.68. The number of aromatic nitrogens is 1. The van der Waals surface area contributed by atoms with Gasteiger partial charge in [-0.25, -0.2) is 13.4 Å². The maximum atomic E-state index is 12.6. The first kappa shape index (κ1) is 15.2. The lowest BCUT2D eigenvalue weighted by atomic mass is 10.1. The van der Waals surface area contributed by atoms with Crippen LogP contribution in [0.1, 0.15) is 12.8 Å². The van der Waals surface area contributed by atoms with E-state index in [0.717, 1.165) is 12.8 Å². The smallest absolute Gasteiger partial charge is 0.262 e. The van der Waals surface area contributed by atoms with Crippen molar-refractivity contribution in [2.24, 2.45) is 5.84 Å². The first-order chi connectivity index (χ1) is 9.46. The lowest BCUT2D eigenvalue weighted by molar-refractivity contribution is 0.196. The third-order valence-electron chi connectivity index (χ3n) is 3.66. The van der Waals surface area contributed by atoms with Crippen LogP contribution >= 0.6 is 0 Å². The van der Waals surface area contributed by atoms with Crippen molar-refractivity contribution in [2.45, 2.75) is 23.9 Å². The van der Waals surface area contributed by atoms with Gasteiger partial charge in [0.25, 0.3) is 10.0 Å². The van der Waals surface area contributed by atoms with E-state index in [1.807, 2.05) is 14.1 Å². The van der Waals surface area contributed by atoms with Crippen molar-refractivity contribution in [1.82, 2.24) is 14.2 Å². The van der Waals surface area contributed by atoms with Crippen molar-refractivity contribution in [2.75, 3.05) is 32.6 Å². The molecule has 0 saturated carbocycles. The van der Waals surface area contributed by atoms with Crippen LogP contribution in [0.3, 0.4) is 0 Å². The molecule has 1 aliphatic rings. The molecular formula is C12H21N5O2S. The molecule has 7 nitrogen and oxygen atoms in total. The Morgan fingerprint density at radius 3 is 2.60 bits per heavy atom. The van der Waals surface area contributed by atoms with E-state index < -0.39 is 10.0 Å². The van der Waals surface area contributed by atoms with Gasteiger partial charge in [0.2, 0.25) is 0 Å². The van der Waals surface area contributed by atoms with Crippen LogP contribution in [0.4, 0.5) is 5.69 Å². The van der Waals surface area contributed by atoms with E-state index >= 15 is 0 Å². The third-order valence-corrected chi connectivity index (χ3v) is 5.52. The Morgan fingerprint density at radius 1 is 1.40 bits per heavy atom. The van der Waals surface area contributed by atoms with Crippen molar-refractivity contribution in [3.63, 3.8) is 0 Å². The third kappa shape index (κ3) is 2.93. The highest BCUT2D eigenvalue weighted by Gasteiger charge is 2.32. The molecule has 0 spiro atoms. The van der Waals surface area contributed by atoms with Gasteiger partial charge in [-0.3, -0.25) is 5.84 Å². The molecule has 1 aromatic rings. The zero-order valence-electron chi connectivity index (χ0n) is 11.8. The van der Waals surface area contributed by atoms with Gasteiger partial charge in [-0.05, 0) is 39.1 Å². The maximum absolute atomic E-state index is 12.6. The van der Waals surface area contributed by atoms with Crippen molar-refractivity contribution in [3.05, 3.63) is 18.3 Å². The number of nitrogens with zero attached hydrogens (tertiary/aromatic N) is 3. The van der Waals surface area contributed by atoms with E-state index in [1.54, 1.807) is 12.1 Å². The van der Waals surface area contributed by atoms with E-state index in [9.17, 15) is 8.42 Å². The Labute approximate surface area is 119 Å². The molecule has 0 atom stereocenters. The number of hydrazine groups is 1. The number of sulfonamides is 1. The number of rotatable bonds is 4. The second-order valence-corrected chi connectivity index (χ2v) is 6.95. The fourth-order valence-corrected chi connectivity index (χ4v) is 3.96. The van der Waals surface area contributed by atoms with Crippen LogP contribution < -0.4 is 11.3 Å². The van der Waals surface area contributed by atoms with Crippen molar-refractivity contribution in [1.29, 1.82) is 0 Å². The van der Waals surface area contributed by atoms with Crippen molar-refractivity contribution < 1.29 is 8.42 Å². The minimum absolute atomic E-state index is 0.00852. The summed E-state index contributed by atoms with van der Waals surface area (Å²) >= 11 is 0. The van der Waals surface area contributed by atoms with Crippen LogP contribution in [0.15, 0.2) is 23.4 Å². The first-order valence-corrected chi connectivity index (χ1v) is 7.99. The highest BCUT2D eigenvalue weighted by atomic mass is 32.2. The molecule has 0 bridgehead atoms. The number of nitrogens with one attached hydrogen (secondary N) is 1. The topological polar surface area (TPSA) is 91.6 Å². The quantitative estimate of drug-likeness (QED) is 0.604. The highest BCUT2D eigenvalue weighted by molar-refractivity contribution is 7.89. The lowest BCUT2D eigenvalue weighted by Crippen LogP contribution is -2.44. The second kappa shape index (κ2) is 6.04. The fourth-order valence-electron chi connectivity index (χ4n) is 2.43. The lowest BCUT2D eigenvalue weighted by Gasteiger charge is -2.34. The number of piperidine rings is 1. The molecule has 2 heterocycles. The Morgan fingerprint density at radius 2 is 2.05 bits per heavy atom. The molecule has 0 aromatic carbocycles. The second-order valence-electron chi connectivity index (χ2n) is 5.10. The van der Waals surface area contributed by atoms with Gasteiger partial charge in [-0.15, -0.1) is 0 Å². The van der Waals surface area contributed by atoms with Crippen LogP contribution in [0.2, 0.25) is 0 Å². The van der Waals surface area contributed by atoms with Gasteiger partial charge in [-0.2, -0.15) is 4.31 Å². The average molecular weight is 299 g/mol. The molecule has 0 radical (unpaired) electrons. The molecule has 0 amide bonds. The molecule has 3 N–H and O–H groups in total. The molecule has 1 aliphatic heterocycles. The number of nitrogen functional groups attached to an aromatic ring is 1. The number of hydrogen-bond donors (Lipinski definition) is 2. The van der Waals surface area contributed by atoms with Crippen LogP contribution in [0.25, 0.3) is 0 Å². The van der Waals surface area contributed by atoms with Crippen molar-refractivity contribution in [3.8, 4) is 0 Å². The summed E-state index contributed by atoms with van der Waals surface area (Å²) in [4.78, 5) is 6.10. The molecule has 0 aliphatic carbocycles. The van der Waals surface area contributed by atoms with Gasteiger partial charge in [0, 0.05) is 25.3 Å². The largest absolute Gasteiger partial charge is 0.321 e. The van der Waals surface area contributed by atoms with Crippen LogP contribution in [-0.4, -0.2) is 55.8 Å². The van der Waals surface area contributed by atoms with E-state index in [-0.39, 0.29) is 5.03 Å². The fraction of sp³-hybridized carbons (Fsp3) is 0.583. The molecule has 112 valence electrons. The Hall–Kier alpha value is -1.22. The van der Waals surface area contributed by atoms with Gasteiger partial charge in [-0.1, -0.05) is 0 Å². The molecule has 8 heteroatoms. The molecule has 2 rings (SSSR count). The molecule has 20 heavy (non-hydrogen) atoms. The number of hydrogen-bond acceptors (Lipinski definition) is 6. The molecule has 1 aromatic heterocycles. The van der Waals surface area contributed by atoms with Gasteiger partial charge < -0.3 is 10.3 Å². The predicted octanol–water partition coefficient (Wildman–Crippen LogP) is 0.0819. The zero-order chi connectivity index (χ0) is 14.8. The summed E-state index contributed by atoms with van der Waals surface area (Å²) in [5.41, 5.74) is 2.71. The number of pyridine rings is 1. The SMILES string of the molecule is CN(C)C1CCN(S(=O)(=O)c2ncccc2NN)CC1. The van der Waals surface area contributed by atoms with Crippen LogP contribution in [0.5, 0.6) is 0 Å². The Kier molecular flexibility index (Phi) is 4.59. The highest BCUT2D eigenvalue weighted by Crippen LogP contribution is 2.25. The number of nitrogens with two attached hydrogens (primary N) is 1. The summed E-state index contributed by atoms with van der Waals surface area (Å²) < 4.78 is 26.7. The van der Waals surface area contributed by atoms with E-state index in [1.165, 1.54) is 10.5 Å². The van der Waals surface area contributed by atoms with Gasteiger partial charge >= 0.3 is 0 Å². The van der Waals surface area contributed by atoms with E-state index in [2.05, 4.69) is 15.3 Å². The Balaban J connectivity index is 2.20. The molecule has 1 fully saturated rings. The zero-order valence-corrected chi connectivity index (χ0v) is 12.6. The first-order valence-electron chi connectivity index (χ1n) is 6.55. The standard InChI is InChI=1S/C12H21N5O2S/c1-16(2)10-5-8-17(9-6-10)20(18,19)12-11(15-13)4-3-7-14-12/h3-4,7,10,15H,5-6,8-9,13H2,1-2H3. The number of anilines is 1. The minimum Gasteiger partial charge on any atom is -0.321 e. The minimum atomic E-state index is -3.59. The Bertz CT molecular complexity index is 553. The van der Waals surface area contributed by atoms with E-state index in [0.29, 0.717) is 24.8 Å². The monoisotopic (exact) mass is 299 g/mol. The van der Waals surface area contributed by atoms with Gasteiger partial charge in [0.15, 0.2) is 5.03 Å². The van der Waals surface area contributed by atoms with E-state index in [4.69, 9.17) is 5.84 Å². The van der Waals surface area contributed by atoms with Gasteiger partial charge in [0.05, 0.1) is 5.69 Å². The maximum Gasteiger partial charge on any atom is 0.262 e. The summed E-state index contributed by atoms with van der Waals surface area (Å²) in [6.45, 7) is 1.01. The normalized spacial score (nSPS) is 18.4. The van der Waals surface area contributed by atoms with Gasteiger partial charge in [0.1, 0.15) is 0 Å². The summed E-state index contributed by atoms with van der Waals surface area (Å²) in [6.07, 6.45) is 3.11. The van der Waals surface area contributed by atoms with Crippen molar-refractivity contribution >= 4 is 15.7 Å². The average Bonchev–Trinajstić information content (AvgIpc) is 2.47. The predicted molar refractivity (Wildman–Crippen MR) is 77.5 cm³/mol. The van der Waals surface area contributed by atoms with Crippen LogP contribution in [-0.2, 0) is 10.0 Å². The molecule has 1 saturated heterocycles. The summed E-state index contributed by atoms with van der Waals surface area (Å²) in [5, 5.41) is -0.00852.